The van der Waals surface area contributed by atoms with Gasteiger partial charge in [0.05, 0.1) is 10.7 Å². The maximum atomic E-state index is 6.29. The highest BCUT2D eigenvalue weighted by Crippen LogP contribution is 2.28. The maximum Gasteiger partial charge on any atom is 0.0659 e. The summed E-state index contributed by atoms with van der Waals surface area (Å²) in [6.07, 6.45) is 8.37. The average Bonchev–Trinajstić information content (AvgIpc) is 2.64. The predicted octanol–water partition coefficient (Wildman–Crippen LogP) is 4.79. The SMILES string of the molecule is CN(C)c1ccc(NCC2CCCCCC2)cc1Cl. The zero-order valence-electron chi connectivity index (χ0n) is 12.1. The Kier molecular flexibility index (Phi) is 5.38. The van der Waals surface area contributed by atoms with Gasteiger partial charge in [-0.3, -0.25) is 0 Å². The second kappa shape index (κ2) is 7.04. The molecule has 0 unspecified atom stereocenters. The summed E-state index contributed by atoms with van der Waals surface area (Å²) in [6, 6.07) is 6.24. The third-order valence-electron chi connectivity index (χ3n) is 4.00. The van der Waals surface area contributed by atoms with E-state index in [0.717, 1.165) is 28.9 Å². The molecule has 0 aliphatic heterocycles. The molecule has 0 amide bonds. The Bertz CT molecular complexity index is 396. The molecular formula is C16H25ClN2. The molecule has 0 heterocycles. The van der Waals surface area contributed by atoms with E-state index in [1.165, 1.54) is 38.5 Å². The van der Waals surface area contributed by atoms with Gasteiger partial charge in [0, 0.05) is 26.3 Å². The zero-order valence-corrected chi connectivity index (χ0v) is 12.8. The minimum Gasteiger partial charge on any atom is -0.385 e. The number of benzene rings is 1. The first-order chi connectivity index (χ1) is 9.16. The van der Waals surface area contributed by atoms with Gasteiger partial charge in [-0.2, -0.15) is 0 Å². The van der Waals surface area contributed by atoms with E-state index in [1.807, 2.05) is 25.1 Å². The highest BCUT2D eigenvalue weighted by atomic mass is 35.5. The van der Waals surface area contributed by atoms with Gasteiger partial charge in [-0.25, -0.2) is 0 Å². The molecule has 0 spiro atoms. The zero-order chi connectivity index (χ0) is 13.7. The van der Waals surface area contributed by atoms with Crippen LogP contribution in [-0.4, -0.2) is 20.6 Å². The number of nitrogens with zero attached hydrogens (tertiary/aromatic N) is 1. The van der Waals surface area contributed by atoms with Gasteiger partial charge < -0.3 is 10.2 Å². The second-order valence-corrected chi connectivity index (χ2v) is 6.21. The number of nitrogens with one attached hydrogen (secondary N) is 1. The predicted molar refractivity (Wildman–Crippen MR) is 85.5 cm³/mol. The molecule has 1 fully saturated rings. The Morgan fingerprint density at radius 1 is 1.16 bits per heavy atom. The Hall–Kier alpha value is -0.890. The standard InChI is InChI=1S/C16H25ClN2/c1-19(2)16-10-9-14(11-15(16)17)18-12-13-7-5-3-4-6-8-13/h9-11,13,18H,3-8,12H2,1-2H3. The fourth-order valence-corrected chi connectivity index (χ4v) is 3.16. The Labute approximate surface area is 122 Å². The summed E-state index contributed by atoms with van der Waals surface area (Å²) in [5, 5.41) is 4.36. The molecule has 0 radical (unpaired) electrons. The minimum atomic E-state index is 0.816. The van der Waals surface area contributed by atoms with E-state index in [4.69, 9.17) is 11.6 Å². The lowest BCUT2D eigenvalue weighted by Crippen LogP contribution is -2.14. The van der Waals surface area contributed by atoms with Gasteiger partial charge in [-0.05, 0) is 37.0 Å². The lowest BCUT2D eigenvalue weighted by molar-refractivity contribution is 0.483. The third-order valence-corrected chi connectivity index (χ3v) is 4.30. The van der Waals surface area contributed by atoms with E-state index < -0.39 is 0 Å². The molecular weight excluding hydrogens is 256 g/mol. The number of halogens is 1. The molecule has 1 saturated carbocycles. The smallest absolute Gasteiger partial charge is 0.0659 e. The lowest BCUT2D eigenvalue weighted by atomic mass is 10.0. The lowest BCUT2D eigenvalue weighted by Gasteiger charge is -2.18. The summed E-state index contributed by atoms with van der Waals surface area (Å²) < 4.78 is 0. The van der Waals surface area contributed by atoms with Crippen molar-refractivity contribution in [3.05, 3.63) is 23.2 Å². The number of anilines is 2. The second-order valence-electron chi connectivity index (χ2n) is 5.80. The van der Waals surface area contributed by atoms with Gasteiger partial charge in [0.15, 0.2) is 0 Å². The quantitative estimate of drug-likeness (QED) is 0.798. The first-order valence-electron chi connectivity index (χ1n) is 7.37. The molecule has 1 aromatic carbocycles. The van der Waals surface area contributed by atoms with E-state index in [9.17, 15) is 0 Å². The maximum absolute atomic E-state index is 6.29. The number of hydrogen-bond donors (Lipinski definition) is 1. The van der Waals surface area contributed by atoms with Gasteiger partial charge in [-0.15, -0.1) is 0 Å². The molecule has 0 atom stereocenters. The van der Waals surface area contributed by atoms with Gasteiger partial charge in [-0.1, -0.05) is 37.3 Å². The normalized spacial score (nSPS) is 17.0. The van der Waals surface area contributed by atoms with Crippen molar-refractivity contribution in [2.75, 3.05) is 30.9 Å². The van der Waals surface area contributed by atoms with Crippen molar-refractivity contribution in [1.29, 1.82) is 0 Å². The van der Waals surface area contributed by atoms with Crippen molar-refractivity contribution in [3.63, 3.8) is 0 Å². The number of rotatable bonds is 4. The van der Waals surface area contributed by atoms with Crippen LogP contribution in [0.25, 0.3) is 0 Å². The van der Waals surface area contributed by atoms with E-state index in [0.29, 0.717) is 0 Å². The van der Waals surface area contributed by atoms with Crippen LogP contribution in [0.2, 0.25) is 5.02 Å². The first kappa shape index (κ1) is 14.5. The van der Waals surface area contributed by atoms with Crippen LogP contribution in [0.1, 0.15) is 38.5 Å². The van der Waals surface area contributed by atoms with Crippen molar-refractivity contribution < 1.29 is 0 Å². The molecule has 0 aromatic heterocycles. The molecule has 0 bridgehead atoms. The van der Waals surface area contributed by atoms with E-state index >= 15 is 0 Å². The summed E-state index contributed by atoms with van der Waals surface area (Å²) in [7, 11) is 4.03. The summed E-state index contributed by atoms with van der Waals surface area (Å²) in [6.45, 7) is 1.08. The molecule has 19 heavy (non-hydrogen) atoms. The Morgan fingerprint density at radius 2 is 1.84 bits per heavy atom. The van der Waals surface area contributed by atoms with Crippen molar-refractivity contribution in [2.45, 2.75) is 38.5 Å². The molecule has 1 aliphatic carbocycles. The first-order valence-corrected chi connectivity index (χ1v) is 7.75. The van der Waals surface area contributed by atoms with Crippen LogP contribution in [0.5, 0.6) is 0 Å². The van der Waals surface area contributed by atoms with Crippen molar-refractivity contribution in [3.8, 4) is 0 Å². The van der Waals surface area contributed by atoms with Gasteiger partial charge in [0.25, 0.3) is 0 Å². The molecule has 1 N–H and O–H groups in total. The van der Waals surface area contributed by atoms with Gasteiger partial charge in [0.1, 0.15) is 0 Å². The monoisotopic (exact) mass is 280 g/mol. The number of hydrogen-bond acceptors (Lipinski definition) is 2. The molecule has 3 heteroatoms. The molecule has 2 nitrogen and oxygen atoms in total. The van der Waals surface area contributed by atoms with E-state index in [2.05, 4.69) is 17.4 Å². The summed E-state index contributed by atoms with van der Waals surface area (Å²) in [5.41, 5.74) is 2.21. The van der Waals surface area contributed by atoms with Crippen LogP contribution in [0.3, 0.4) is 0 Å². The summed E-state index contributed by atoms with van der Waals surface area (Å²) in [4.78, 5) is 2.04. The van der Waals surface area contributed by atoms with E-state index in [1.54, 1.807) is 0 Å². The molecule has 0 saturated heterocycles. The summed E-state index contributed by atoms with van der Waals surface area (Å²) in [5.74, 6) is 0.829. The molecule has 1 aromatic rings. The Balaban J connectivity index is 1.90. The van der Waals surface area contributed by atoms with Crippen LogP contribution in [0.15, 0.2) is 18.2 Å². The van der Waals surface area contributed by atoms with Crippen molar-refractivity contribution in [1.82, 2.24) is 0 Å². The van der Waals surface area contributed by atoms with Gasteiger partial charge >= 0.3 is 0 Å². The highest BCUT2D eigenvalue weighted by molar-refractivity contribution is 6.33. The molecule has 106 valence electrons. The fraction of sp³-hybridized carbons (Fsp3) is 0.625. The third kappa shape index (κ3) is 4.31. The largest absolute Gasteiger partial charge is 0.385 e. The van der Waals surface area contributed by atoms with E-state index in [-0.39, 0.29) is 0 Å². The van der Waals surface area contributed by atoms with Crippen LogP contribution in [-0.2, 0) is 0 Å². The molecule has 2 rings (SSSR count). The minimum absolute atomic E-state index is 0.816. The highest BCUT2D eigenvalue weighted by Gasteiger charge is 2.12. The summed E-state index contributed by atoms with van der Waals surface area (Å²) >= 11 is 6.29. The fourth-order valence-electron chi connectivity index (χ4n) is 2.81. The molecule has 1 aliphatic rings. The van der Waals surface area contributed by atoms with Crippen LogP contribution >= 0.6 is 11.6 Å². The van der Waals surface area contributed by atoms with Crippen LogP contribution in [0, 0.1) is 5.92 Å². The topological polar surface area (TPSA) is 15.3 Å². The average molecular weight is 281 g/mol. The van der Waals surface area contributed by atoms with Crippen molar-refractivity contribution >= 4 is 23.0 Å². The Morgan fingerprint density at radius 3 is 2.42 bits per heavy atom. The van der Waals surface area contributed by atoms with Gasteiger partial charge in [0.2, 0.25) is 0 Å². The van der Waals surface area contributed by atoms with Crippen LogP contribution in [0.4, 0.5) is 11.4 Å². The van der Waals surface area contributed by atoms with Crippen LogP contribution < -0.4 is 10.2 Å². The van der Waals surface area contributed by atoms with Crippen molar-refractivity contribution in [2.24, 2.45) is 5.92 Å².